The maximum absolute atomic E-state index is 13.4. The van der Waals surface area contributed by atoms with Gasteiger partial charge in [-0.2, -0.15) is 0 Å². The predicted octanol–water partition coefficient (Wildman–Crippen LogP) is 3.46. The van der Waals surface area contributed by atoms with Gasteiger partial charge in [-0.3, -0.25) is 14.9 Å². The zero-order valence-electron chi connectivity index (χ0n) is 17.9. The number of hydrogen-bond acceptors (Lipinski definition) is 3. The van der Waals surface area contributed by atoms with Gasteiger partial charge in [-0.25, -0.2) is 0 Å². The van der Waals surface area contributed by atoms with Crippen LogP contribution < -0.4 is 5.32 Å². The monoisotopic (exact) mass is 405 g/mol. The molecule has 1 N–H and O–H groups in total. The van der Waals surface area contributed by atoms with E-state index in [1.54, 1.807) is 0 Å². The van der Waals surface area contributed by atoms with E-state index in [1.807, 2.05) is 53.4 Å². The molecule has 30 heavy (non-hydrogen) atoms. The fourth-order valence-corrected chi connectivity index (χ4v) is 4.87. The zero-order chi connectivity index (χ0) is 21.1. The number of amides is 2. The summed E-state index contributed by atoms with van der Waals surface area (Å²) in [6.07, 6.45) is 3.13. The Labute approximate surface area is 179 Å². The molecule has 2 aliphatic rings. The van der Waals surface area contributed by atoms with Crippen LogP contribution in [0.1, 0.15) is 49.0 Å². The lowest BCUT2D eigenvalue weighted by atomic mass is 9.93. The number of nitrogens with zero attached hydrogens (tertiary/aromatic N) is 2. The van der Waals surface area contributed by atoms with Crippen molar-refractivity contribution in [1.29, 1.82) is 0 Å². The fourth-order valence-electron chi connectivity index (χ4n) is 4.87. The Bertz CT molecular complexity index is 876. The lowest BCUT2D eigenvalue weighted by Gasteiger charge is -2.46. The van der Waals surface area contributed by atoms with Gasteiger partial charge in [-0.1, -0.05) is 55.5 Å². The molecule has 0 saturated carbocycles. The van der Waals surface area contributed by atoms with Crippen LogP contribution in [0, 0.1) is 0 Å². The lowest BCUT2D eigenvalue weighted by molar-refractivity contribution is -0.136. The molecular formula is C25H31N3O2. The summed E-state index contributed by atoms with van der Waals surface area (Å²) in [5.41, 5.74) is 1.53. The van der Waals surface area contributed by atoms with E-state index in [2.05, 4.69) is 36.2 Å². The maximum atomic E-state index is 13.4. The highest BCUT2D eigenvalue weighted by atomic mass is 16.2. The van der Waals surface area contributed by atoms with E-state index in [0.29, 0.717) is 19.5 Å². The number of benzene rings is 2. The smallest absolute Gasteiger partial charge is 0.253 e. The molecule has 2 aromatic carbocycles. The lowest BCUT2D eigenvalue weighted by Crippen LogP contribution is -2.61. The first kappa shape index (κ1) is 20.6. The topological polar surface area (TPSA) is 52.7 Å². The van der Waals surface area contributed by atoms with Gasteiger partial charge in [0.25, 0.3) is 5.91 Å². The van der Waals surface area contributed by atoms with Crippen LogP contribution in [-0.4, -0.2) is 52.5 Å². The third-order valence-corrected chi connectivity index (χ3v) is 6.65. The van der Waals surface area contributed by atoms with E-state index in [0.717, 1.165) is 24.8 Å². The summed E-state index contributed by atoms with van der Waals surface area (Å²) in [6.45, 7) is 5.57. The summed E-state index contributed by atoms with van der Waals surface area (Å²) < 4.78 is 0. The van der Waals surface area contributed by atoms with Crippen LogP contribution in [0.4, 0.5) is 0 Å². The van der Waals surface area contributed by atoms with Gasteiger partial charge in [0.15, 0.2) is 0 Å². The third-order valence-electron chi connectivity index (χ3n) is 6.65. The third kappa shape index (κ3) is 3.86. The van der Waals surface area contributed by atoms with Crippen LogP contribution in [-0.2, 0) is 11.2 Å². The minimum absolute atomic E-state index is 0.0747. The average molecular weight is 406 g/mol. The number of nitrogens with one attached hydrogen (secondary N) is 1. The van der Waals surface area contributed by atoms with Crippen molar-refractivity contribution in [2.24, 2.45) is 0 Å². The molecule has 0 unspecified atom stereocenters. The Morgan fingerprint density at radius 1 is 1.07 bits per heavy atom. The van der Waals surface area contributed by atoms with Crippen LogP contribution in [0.2, 0.25) is 0 Å². The highest BCUT2D eigenvalue weighted by Gasteiger charge is 2.52. The Kier molecular flexibility index (Phi) is 5.91. The number of rotatable bonds is 5. The van der Waals surface area contributed by atoms with Gasteiger partial charge in [-0.15, -0.1) is 0 Å². The largest absolute Gasteiger partial charge is 0.338 e. The molecule has 158 valence electrons. The molecule has 5 nitrogen and oxygen atoms in total. The van der Waals surface area contributed by atoms with Crippen molar-refractivity contribution < 1.29 is 9.59 Å². The number of piperidine rings is 1. The van der Waals surface area contributed by atoms with Crippen molar-refractivity contribution in [2.45, 2.75) is 57.3 Å². The normalized spacial score (nSPS) is 21.8. The summed E-state index contributed by atoms with van der Waals surface area (Å²) in [5.74, 6) is 0.265. The first-order valence-corrected chi connectivity index (χ1v) is 11.0. The van der Waals surface area contributed by atoms with Crippen molar-refractivity contribution in [1.82, 2.24) is 15.1 Å². The Hall–Kier alpha value is -2.66. The molecule has 5 heteroatoms. The van der Waals surface area contributed by atoms with E-state index in [4.69, 9.17) is 0 Å². The minimum Gasteiger partial charge on any atom is -0.338 e. The summed E-state index contributed by atoms with van der Waals surface area (Å²) in [5, 5.41) is 3.71. The number of carbonyl (C=O) groups excluding carboxylic acids is 2. The van der Waals surface area contributed by atoms with Gasteiger partial charge in [-0.05, 0) is 37.5 Å². The van der Waals surface area contributed by atoms with Crippen molar-refractivity contribution in [3.63, 3.8) is 0 Å². The molecule has 0 aliphatic carbocycles. The molecule has 4 rings (SSSR count). The Morgan fingerprint density at radius 2 is 1.67 bits per heavy atom. The summed E-state index contributed by atoms with van der Waals surface area (Å²) in [7, 11) is 0. The number of hydrogen-bond donors (Lipinski definition) is 1. The van der Waals surface area contributed by atoms with Gasteiger partial charge < -0.3 is 9.80 Å². The standard InChI is InChI=1S/C25H31N3O2/c1-3-19(2)28-24(30)22(18-20-10-6-4-7-11-20)26-25(28)14-16-27(17-15-25)23(29)21-12-8-5-9-13-21/h4-13,19,22,26H,3,14-18H2,1-2H3/t19-,22-/m0/s1. The molecule has 2 saturated heterocycles. The molecule has 0 aromatic heterocycles. The molecular weight excluding hydrogens is 374 g/mol. The van der Waals surface area contributed by atoms with E-state index in [-0.39, 0.29) is 29.6 Å². The summed E-state index contributed by atoms with van der Waals surface area (Å²) in [6, 6.07) is 19.6. The minimum atomic E-state index is -0.362. The first-order chi connectivity index (χ1) is 14.5. The summed E-state index contributed by atoms with van der Waals surface area (Å²) >= 11 is 0. The van der Waals surface area contributed by atoms with Crippen LogP contribution >= 0.6 is 0 Å². The van der Waals surface area contributed by atoms with Gasteiger partial charge in [0.2, 0.25) is 5.91 Å². The van der Waals surface area contributed by atoms with Crippen LogP contribution in [0.25, 0.3) is 0 Å². The van der Waals surface area contributed by atoms with Crippen molar-refractivity contribution in [3.05, 3.63) is 71.8 Å². The highest BCUT2D eigenvalue weighted by molar-refractivity contribution is 5.94. The predicted molar refractivity (Wildman–Crippen MR) is 118 cm³/mol. The van der Waals surface area contributed by atoms with E-state index < -0.39 is 0 Å². The van der Waals surface area contributed by atoms with Gasteiger partial charge in [0, 0.05) is 37.5 Å². The maximum Gasteiger partial charge on any atom is 0.253 e. The van der Waals surface area contributed by atoms with Gasteiger partial charge >= 0.3 is 0 Å². The van der Waals surface area contributed by atoms with Crippen molar-refractivity contribution >= 4 is 11.8 Å². The molecule has 0 radical (unpaired) electrons. The van der Waals surface area contributed by atoms with E-state index >= 15 is 0 Å². The summed E-state index contributed by atoms with van der Waals surface area (Å²) in [4.78, 5) is 30.3. The molecule has 2 amide bonds. The second-order valence-electron chi connectivity index (χ2n) is 8.54. The molecule has 2 heterocycles. The molecule has 2 fully saturated rings. The zero-order valence-corrected chi connectivity index (χ0v) is 17.9. The molecule has 2 aromatic rings. The average Bonchev–Trinajstić information content (AvgIpc) is 3.05. The molecule has 0 bridgehead atoms. The van der Waals surface area contributed by atoms with Crippen LogP contribution in [0.5, 0.6) is 0 Å². The molecule has 1 spiro atoms. The Balaban J connectivity index is 1.51. The molecule has 2 aliphatic heterocycles. The number of carbonyl (C=O) groups is 2. The number of likely N-dealkylation sites (tertiary alicyclic amines) is 1. The highest BCUT2D eigenvalue weighted by Crippen LogP contribution is 2.36. The molecule has 2 atom stereocenters. The van der Waals surface area contributed by atoms with Crippen molar-refractivity contribution in [2.75, 3.05) is 13.1 Å². The van der Waals surface area contributed by atoms with Gasteiger partial charge in [0.05, 0.1) is 11.7 Å². The van der Waals surface area contributed by atoms with Crippen LogP contribution in [0.15, 0.2) is 60.7 Å². The SMILES string of the molecule is CC[C@H](C)N1C(=O)[C@H](Cc2ccccc2)NC12CCN(C(=O)c1ccccc1)CC2. The Morgan fingerprint density at radius 3 is 2.27 bits per heavy atom. The first-order valence-electron chi connectivity index (χ1n) is 11.0. The quantitative estimate of drug-likeness (QED) is 0.829. The van der Waals surface area contributed by atoms with Crippen molar-refractivity contribution in [3.8, 4) is 0 Å². The van der Waals surface area contributed by atoms with E-state index in [1.165, 1.54) is 5.56 Å². The second kappa shape index (κ2) is 8.60. The van der Waals surface area contributed by atoms with E-state index in [9.17, 15) is 9.59 Å². The van der Waals surface area contributed by atoms with Gasteiger partial charge in [0.1, 0.15) is 0 Å². The second-order valence-corrected chi connectivity index (χ2v) is 8.54. The fraction of sp³-hybridized carbons (Fsp3) is 0.440. The van der Waals surface area contributed by atoms with Crippen LogP contribution in [0.3, 0.4) is 0 Å².